The Morgan fingerprint density at radius 1 is 0.268 bits per heavy atom. The van der Waals surface area contributed by atoms with Gasteiger partial charge in [-0.05, 0) is 98.7 Å². The molecule has 0 N–H and O–H groups in total. The molecule has 7 aliphatic carbocycles. The Bertz CT molecular complexity index is 2180. The van der Waals surface area contributed by atoms with Crippen LogP contribution < -0.4 is 0 Å². The summed E-state index contributed by atoms with van der Waals surface area (Å²) >= 11 is 0. The zero-order chi connectivity index (χ0) is 77.3. The number of alkyl halides is 35. The Kier molecular flexibility index (Phi) is 31.6. The Balaban J connectivity index is 0.000000573. The molecular formula is C62H89F35. The van der Waals surface area contributed by atoms with E-state index >= 15 is 0 Å². The number of rotatable bonds is 0. The first-order chi connectivity index (χ1) is 42.9. The zero-order valence-corrected chi connectivity index (χ0v) is 55.6. The highest BCUT2D eigenvalue weighted by atomic mass is 19.4. The summed E-state index contributed by atoms with van der Waals surface area (Å²) in [5.41, 5.74) is -4.52. The van der Waals surface area contributed by atoms with E-state index in [0.29, 0.717) is 26.2 Å². The van der Waals surface area contributed by atoms with Gasteiger partial charge in [0.1, 0.15) is 37.0 Å². The predicted molar refractivity (Wildman–Crippen MR) is 291 cm³/mol. The van der Waals surface area contributed by atoms with E-state index in [1.807, 2.05) is 20.8 Å². The van der Waals surface area contributed by atoms with Crippen molar-refractivity contribution in [1.29, 1.82) is 0 Å². The summed E-state index contributed by atoms with van der Waals surface area (Å²) in [5, 5.41) is 0. The lowest BCUT2D eigenvalue weighted by Crippen LogP contribution is -2.57. The van der Waals surface area contributed by atoms with Crippen LogP contribution in [0.3, 0.4) is 0 Å². The molecule has 0 aromatic rings. The molecule has 22 unspecified atom stereocenters. The third-order valence-electron chi connectivity index (χ3n) is 21.3. The van der Waals surface area contributed by atoms with E-state index in [1.165, 1.54) is 34.6 Å². The molecule has 0 aromatic heterocycles. The van der Waals surface area contributed by atoms with Gasteiger partial charge in [-0.1, -0.05) is 110 Å². The van der Waals surface area contributed by atoms with E-state index in [2.05, 4.69) is 0 Å². The van der Waals surface area contributed by atoms with Crippen LogP contribution in [0.2, 0.25) is 0 Å². The third-order valence-corrected chi connectivity index (χ3v) is 21.3. The molecule has 7 rings (SSSR count). The summed E-state index contributed by atoms with van der Waals surface area (Å²) in [4.78, 5) is 0. The molecule has 29 atom stereocenters. The van der Waals surface area contributed by atoms with Crippen LogP contribution in [0.4, 0.5) is 154 Å². The molecule has 0 bridgehead atoms. The first kappa shape index (κ1) is 92.6. The molecule has 0 amide bonds. The van der Waals surface area contributed by atoms with E-state index in [-0.39, 0.29) is 49.9 Å². The maximum absolute atomic E-state index is 13.0. The van der Waals surface area contributed by atoms with Crippen molar-refractivity contribution in [3.05, 3.63) is 0 Å². The Hall–Kier alpha value is -2.45. The number of halogens is 35. The predicted octanol–water partition coefficient (Wildman–Crippen LogP) is 25.3. The van der Waals surface area contributed by atoms with Gasteiger partial charge >= 0.3 is 55.1 Å². The quantitative estimate of drug-likeness (QED) is 0.212. The minimum absolute atomic E-state index is 0.196. The highest BCUT2D eigenvalue weighted by molar-refractivity contribution is 5.19. The summed E-state index contributed by atoms with van der Waals surface area (Å²) in [6, 6.07) is 0. The molecule has 582 valence electrons. The van der Waals surface area contributed by atoms with Gasteiger partial charge in [-0.25, -0.2) is 43.9 Å². The monoisotopic (exact) mass is 1500 g/mol. The molecule has 7 fully saturated rings. The van der Waals surface area contributed by atoms with Gasteiger partial charge in [-0.3, -0.25) is 0 Å². The summed E-state index contributed by atoms with van der Waals surface area (Å²) in [7, 11) is 0. The van der Waals surface area contributed by atoms with Crippen LogP contribution in [-0.2, 0) is 0 Å². The maximum Gasteiger partial charge on any atom is 0.392 e. The van der Waals surface area contributed by atoms with Crippen LogP contribution in [0.25, 0.3) is 0 Å². The molecule has 7 aliphatic rings. The minimum atomic E-state index is -5.36. The SMILES string of the molecule is CC1C(C(F)(F)F)C(C(F)(F)F)C(C)[C@@H](C)C1C(F)(F)F.CC1C(F)C(F)C(F)[C@@H](C)C1F.CC1C(F)C(F)[C@@H](C)C1F.CC1CC(C(F)(F)F)C[C@@H](C)C1.CC1CCCC(C(F)(F)F)[C@@H]1C.CC1C[C@H](C)CC(C(F)(F)F)C1C(F)(F)F.C[C@H]1C(F)(F)C(C)(F)C(F)(F)C1(F)F. The minimum Gasteiger partial charge on any atom is -0.247 e. The second kappa shape index (κ2) is 33.1. The highest BCUT2D eigenvalue weighted by Crippen LogP contribution is 2.65. The molecule has 7 saturated carbocycles. The van der Waals surface area contributed by atoms with E-state index in [0.717, 1.165) is 33.1 Å². The van der Waals surface area contributed by atoms with Crippen LogP contribution in [0.1, 0.15) is 155 Å². The van der Waals surface area contributed by atoms with Gasteiger partial charge in [0.2, 0.25) is 5.67 Å². The molecule has 0 heterocycles. The van der Waals surface area contributed by atoms with Crippen molar-refractivity contribution in [3.8, 4) is 0 Å². The fourth-order valence-corrected chi connectivity index (χ4v) is 15.0. The topological polar surface area (TPSA) is 0 Å². The van der Waals surface area contributed by atoms with Gasteiger partial charge in [0, 0.05) is 23.7 Å². The number of hydrogen-bond acceptors (Lipinski definition) is 0. The molecule has 0 radical (unpaired) electrons. The first-order valence-electron chi connectivity index (χ1n) is 31.6. The Morgan fingerprint density at radius 3 is 0.856 bits per heavy atom. The summed E-state index contributed by atoms with van der Waals surface area (Å²) in [6.45, 7) is 18.0. The third kappa shape index (κ3) is 22.1. The first-order valence-corrected chi connectivity index (χ1v) is 31.6. The molecule has 0 aromatic carbocycles. The van der Waals surface area contributed by atoms with Crippen LogP contribution >= 0.6 is 0 Å². The molecule has 0 saturated heterocycles. The maximum atomic E-state index is 13.0. The molecule has 97 heavy (non-hydrogen) atoms. The number of hydrogen-bond donors (Lipinski definition) is 0. The average molecular weight is 1500 g/mol. The standard InChI is InChI=1S/C12H15F9.C10H14F6.2C9H15F3.C8H12F4.C7H7F7.C7H11F3/c1-4-5(2)8(11(16,17)18)9(12(19,20)21)6(3)7(4)10(13,14)15;1-5-3-6(2)8(10(14,15)16)7(4-5)9(11,12)13;1-6-3-7(2)5-8(4-6)9(10,11)12;1-6-4-3-5-8(7(6)2)9(10,11)12;1-3-5(9)4(2)7(11)8(12)6(3)10;1-3-5(9,10)4(2,8)7(13,14)6(3,11)12;1-3-5(8)4(2)7(10)6(3)9/h4-9H,1-3H3;5-8H,3-4H2,1-2H3;2*6-8H,3-5H2,1-2H3;3-8H,1-2H3;3H,1-2H3;3-7H,1-2H3/t4-,5?,6?,7?,8?,9?;5-,6?,7?,8?;6-,7?,8?;6?,7-,8?;3-,4?,5?,6?,7?,8?;3-,4?;3-,4?,5?,6?,7?/m1001000/s1. The molecular weight excluding hydrogens is 1410 g/mol. The molecule has 0 nitrogen and oxygen atoms in total. The smallest absolute Gasteiger partial charge is 0.247 e. The van der Waals surface area contributed by atoms with Gasteiger partial charge in [0.05, 0.1) is 47.3 Å². The van der Waals surface area contributed by atoms with Crippen molar-refractivity contribution in [2.45, 2.75) is 265 Å². The molecule has 35 heteroatoms. The van der Waals surface area contributed by atoms with Crippen molar-refractivity contribution >= 4 is 0 Å². The van der Waals surface area contributed by atoms with Crippen LogP contribution in [0.5, 0.6) is 0 Å². The van der Waals surface area contributed by atoms with Crippen LogP contribution in [0.15, 0.2) is 0 Å². The largest absolute Gasteiger partial charge is 0.392 e. The fourth-order valence-electron chi connectivity index (χ4n) is 15.0. The van der Waals surface area contributed by atoms with Crippen molar-refractivity contribution in [2.24, 2.45) is 124 Å². The molecule has 0 spiro atoms. The average Bonchev–Trinajstić information content (AvgIpc) is 1.56. The van der Waals surface area contributed by atoms with E-state index in [9.17, 15) is 154 Å². The van der Waals surface area contributed by atoms with Crippen LogP contribution in [0, 0.1) is 124 Å². The van der Waals surface area contributed by atoms with Crippen molar-refractivity contribution < 1.29 is 154 Å². The van der Waals surface area contributed by atoms with Gasteiger partial charge in [0.25, 0.3) is 5.92 Å². The summed E-state index contributed by atoms with van der Waals surface area (Å²) < 4.78 is 444. The zero-order valence-electron chi connectivity index (χ0n) is 55.6. The van der Waals surface area contributed by atoms with Gasteiger partial charge in [-0.2, -0.15) is 110 Å². The summed E-state index contributed by atoms with van der Waals surface area (Å²) in [5.74, 6) is -42.9. The van der Waals surface area contributed by atoms with Gasteiger partial charge < -0.3 is 0 Å². The summed E-state index contributed by atoms with van der Waals surface area (Å²) in [6.07, 6.45) is -41.9. The lowest BCUT2D eigenvalue weighted by Gasteiger charge is -2.50. The lowest BCUT2D eigenvalue weighted by molar-refractivity contribution is -0.321. The molecule has 0 aliphatic heterocycles. The second-order valence-electron chi connectivity index (χ2n) is 28.7. The van der Waals surface area contributed by atoms with Gasteiger partial charge in [-0.15, -0.1) is 0 Å². The van der Waals surface area contributed by atoms with Crippen molar-refractivity contribution in [2.75, 3.05) is 0 Å². The Morgan fingerprint density at radius 2 is 0.588 bits per heavy atom. The normalized spacial score (nSPS) is 43.1. The van der Waals surface area contributed by atoms with Crippen molar-refractivity contribution in [3.63, 3.8) is 0 Å². The van der Waals surface area contributed by atoms with Crippen LogP contribution in [-0.4, -0.2) is 110 Å². The Labute approximate surface area is 542 Å². The second-order valence-corrected chi connectivity index (χ2v) is 28.7. The lowest BCUT2D eigenvalue weighted by atomic mass is 9.57. The van der Waals surface area contributed by atoms with E-state index in [1.54, 1.807) is 13.8 Å². The van der Waals surface area contributed by atoms with Gasteiger partial charge in [0.15, 0.2) is 6.17 Å². The highest BCUT2D eigenvalue weighted by Gasteiger charge is 2.88. The van der Waals surface area contributed by atoms with E-state index in [4.69, 9.17) is 0 Å². The van der Waals surface area contributed by atoms with E-state index < -0.39 is 211 Å². The fraction of sp³-hybridized carbons (Fsp3) is 1.00. The van der Waals surface area contributed by atoms with Crippen molar-refractivity contribution in [1.82, 2.24) is 0 Å².